The Kier molecular flexibility index (Phi) is 4.90. The largest absolute Gasteiger partial charge is 0.495 e. The lowest BCUT2D eigenvalue weighted by Crippen LogP contribution is -2.49. The van der Waals surface area contributed by atoms with Crippen molar-refractivity contribution in [3.8, 4) is 5.75 Å². The number of carbonyl (C=O) groups is 1. The van der Waals surface area contributed by atoms with E-state index in [1.807, 2.05) is 24.3 Å². The third-order valence-electron chi connectivity index (χ3n) is 4.15. The maximum absolute atomic E-state index is 13.1. The molecule has 24 heavy (non-hydrogen) atoms. The second kappa shape index (κ2) is 7.09. The minimum Gasteiger partial charge on any atom is -0.495 e. The summed E-state index contributed by atoms with van der Waals surface area (Å²) in [5.74, 6) is 0.205. The van der Waals surface area contributed by atoms with Crippen LogP contribution in [0.5, 0.6) is 5.75 Å². The van der Waals surface area contributed by atoms with Gasteiger partial charge in [0.2, 0.25) is 0 Å². The minimum atomic E-state index is -0.447. The number of carbonyl (C=O) groups excluding carboxylic acids is 1. The summed E-state index contributed by atoms with van der Waals surface area (Å²) in [5, 5.41) is 0.146. The van der Waals surface area contributed by atoms with Gasteiger partial charge in [0.05, 0.1) is 23.4 Å². The molecule has 6 heteroatoms. The number of benzene rings is 2. The van der Waals surface area contributed by atoms with Crippen LogP contribution in [0.2, 0.25) is 5.02 Å². The first kappa shape index (κ1) is 16.6. The normalized spacial score (nSPS) is 14.6. The SMILES string of the molecule is COc1ccccc1N1CCN(C(=O)c2ccc(F)cc2Cl)CC1. The van der Waals surface area contributed by atoms with E-state index in [2.05, 4.69) is 4.90 Å². The lowest BCUT2D eigenvalue weighted by molar-refractivity contribution is 0.0747. The van der Waals surface area contributed by atoms with Crippen molar-refractivity contribution in [1.29, 1.82) is 0 Å². The molecule has 4 nitrogen and oxygen atoms in total. The second-order valence-corrected chi connectivity index (χ2v) is 5.98. The molecule has 126 valence electrons. The van der Waals surface area contributed by atoms with E-state index in [-0.39, 0.29) is 10.9 Å². The van der Waals surface area contributed by atoms with Crippen LogP contribution in [0.15, 0.2) is 42.5 Å². The first-order valence-corrected chi connectivity index (χ1v) is 8.10. The van der Waals surface area contributed by atoms with E-state index in [0.29, 0.717) is 31.7 Å². The first-order chi connectivity index (χ1) is 11.6. The summed E-state index contributed by atoms with van der Waals surface area (Å²) in [6.45, 7) is 2.55. The van der Waals surface area contributed by atoms with E-state index in [0.717, 1.165) is 11.4 Å². The Labute approximate surface area is 145 Å². The molecule has 0 radical (unpaired) electrons. The van der Waals surface area contributed by atoms with Crippen LogP contribution in [-0.4, -0.2) is 44.1 Å². The smallest absolute Gasteiger partial charge is 0.255 e. The molecular weight excluding hydrogens is 331 g/mol. The molecule has 2 aromatic rings. The van der Waals surface area contributed by atoms with Crippen LogP contribution in [0, 0.1) is 5.82 Å². The molecule has 3 rings (SSSR count). The van der Waals surface area contributed by atoms with Crippen LogP contribution in [0.25, 0.3) is 0 Å². The number of ether oxygens (including phenoxy) is 1. The van der Waals surface area contributed by atoms with E-state index in [4.69, 9.17) is 16.3 Å². The van der Waals surface area contributed by atoms with E-state index in [1.54, 1.807) is 12.0 Å². The number of amides is 1. The molecule has 0 aromatic heterocycles. The molecule has 2 aromatic carbocycles. The van der Waals surface area contributed by atoms with Gasteiger partial charge in [-0.2, -0.15) is 0 Å². The molecule has 1 fully saturated rings. The van der Waals surface area contributed by atoms with Crippen LogP contribution in [0.3, 0.4) is 0 Å². The number of hydrogen-bond acceptors (Lipinski definition) is 3. The number of para-hydroxylation sites is 2. The molecule has 0 saturated carbocycles. The van der Waals surface area contributed by atoms with Crippen LogP contribution in [0.4, 0.5) is 10.1 Å². The van der Waals surface area contributed by atoms with Gasteiger partial charge in [-0.25, -0.2) is 4.39 Å². The predicted molar refractivity (Wildman–Crippen MR) is 92.5 cm³/mol. The van der Waals surface area contributed by atoms with E-state index < -0.39 is 5.82 Å². The molecule has 0 bridgehead atoms. The van der Waals surface area contributed by atoms with Crippen molar-refractivity contribution in [2.75, 3.05) is 38.2 Å². The summed E-state index contributed by atoms with van der Waals surface area (Å²) in [5.41, 5.74) is 1.36. The maximum atomic E-state index is 13.1. The fraction of sp³-hybridized carbons (Fsp3) is 0.278. The Hall–Kier alpha value is -2.27. The Bertz CT molecular complexity index is 746. The van der Waals surface area contributed by atoms with Gasteiger partial charge in [-0.15, -0.1) is 0 Å². The average Bonchev–Trinajstić information content (AvgIpc) is 2.61. The summed E-state index contributed by atoms with van der Waals surface area (Å²) in [4.78, 5) is 16.5. The summed E-state index contributed by atoms with van der Waals surface area (Å²) in [6.07, 6.45) is 0. The van der Waals surface area contributed by atoms with Crippen molar-refractivity contribution in [2.45, 2.75) is 0 Å². The molecule has 0 unspecified atom stereocenters. The van der Waals surface area contributed by atoms with Gasteiger partial charge in [0, 0.05) is 26.2 Å². The zero-order valence-electron chi connectivity index (χ0n) is 13.3. The molecule has 1 aliphatic heterocycles. The van der Waals surface area contributed by atoms with Gasteiger partial charge in [-0.05, 0) is 30.3 Å². The fourth-order valence-corrected chi connectivity index (χ4v) is 3.12. The fourth-order valence-electron chi connectivity index (χ4n) is 2.87. The Morgan fingerprint density at radius 1 is 1.12 bits per heavy atom. The Morgan fingerprint density at radius 2 is 1.83 bits per heavy atom. The summed E-state index contributed by atoms with van der Waals surface area (Å²) in [7, 11) is 1.65. The number of methoxy groups -OCH3 is 1. The highest BCUT2D eigenvalue weighted by Crippen LogP contribution is 2.29. The van der Waals surface area contributed by atoms with Gasteiger partial charge in [0.25, 0.3) is 5.91 Å². The van der Waals surface area contributed by atoms with Gasteiger partial charge in [-0.3, -0.25) is 4.79 Å². The van der Waals surface area contributed by atoms with Crippen molar-refractivity contribution in [1.82, 2.24) is 4.90 Å². The molecule has 1 saturated heterocycles. The molecule has 0 spiro atoms. The highest BCUT2D eigenvalue weighted by atomic mass is 35.5. The molecule has 0 N–H and O–H groups in total. The van der Waals surface area contributed by atoms with Crippen molar-refractivity contribution in [2.24, 2.45) is 0 Å². The quantitative estimate of drug-likeness (QED) is 0.851. The Morgan fingerprint density at radius 3 is 2.50 bits per heavy atom. The van der Waals surface area contributed by atoms with Crippen molar-refractivity contribution >= 4 is 23.2 Å². The lowest BCUT2D eigenvalue weighted by atomic mass is 10.1. The number of anilines is 1. The predicted octanol–water partition coefficient (Wildman–Crippen LogP) is 3.45. The molecular formula is C18H18ClFN2O2. The van der Waals surface area contributed by atoms with E-state index >= 15 is 0 Å². The van der Waals surface area contributed by atoms with E-state index in [1.165, 1.54) is 18.2 Å². The first-order valence-electron chi connectivity index (χ1n) is 7.72. The average molecular weight is 349 g/mol. The highest BCUT2D eigenvalue weighted by Gasteiger charge is 2.25. The maximum Gasteiger partial charge on any atom is 0.255 e. The van der Waals surface area contributed by atoms with Crippen LogP contribution >= 0.6 is 11.6 Å². The lowest BCUT2D eigenvalue weighted by Gasteiger charge is -2.36. The van der Waals surface area contributed by atoms with Crippen molar-refractivity contribution in [3.05, 3.63) is 58.9 Å². The number of piperazine rings is 1. The molecule has 1 amide bonds. The number of rotatable bonds is 3. The summed E-state index contributed by atoms with van der Waals surface area (Å²) >= 11 is 5.99. The standard InChI is InChI=1S/C18H18ClFN2O2/c1-24-17-5-3-2-4-16(17)21-8-10-22(11-9-21)18(23)14-7-6-13(20)12-15(14)19/h2-7,12H,8-11H2,1H3. The number of nitrogens with zero attached hydrogens (tertiary/aromatic N) is 2. The zero-order valence-corrected chi connectivity index (χ0v) is 14.1. The van der Waals surface area contributed by atoms with Crippen molar-refractivity contribution in [3.63, 3.8) is 0 Å². The Balaban J connectivity index is 1.69. The molecule has 1 aliphatic rings. The zero-order chi connectivity index (χ0) is 17.1. The topological polar surface area (TPSA) is 32.8 Å². The molecule has 0 atom stereocenters. The van der Waals surface area contributed by atoms with Crippen LogP contribution in [-0.2, 0) is 0 Å². The van der Waals surface area contributed by atoms with Gasteiger partial charge >= 0.3 is 0 Å². The van der Waals surface area contributed by atoms with Crippen molar-refractivity contribution < 1.29 is 13.9 Å². The summed E-state index contributed by atoms with van der Waals surface area (Å²) in [6, 6.07) is 11.7. The van der Waals surface area contributed by atoms with Gasteiger partial charge in [-0.1, -0.05) is 23.7 Å². The third-order valence-corrected chi connectivity index (χ3v) is 4.47. The highest BCUT2D eigenvalue weighted by molar-refractivity contribution is 6.33. The summed E-state index contributed by atoms with van der Waals surface area (Å²) < 4.78 is 18.5. The van der Waals surface area contributed by atoms with E-state index in [9.17, 15) is 9.18 Å². The molecule has 1 heterocycles. The van der Waals surface area contributed by atoms with Gasteiger partial charge in [0.1, 0.15) is 11.6 Å². The number of halogens is 2. The van der Waals surface area contributed by atoms with Crippen LogP contribution < -0.4 is 9.64 Å². The minimum absolute atomic E-state index is 0.146. The third kappa shape index (κ3) is 3.31. The number of hydrogen-bond donors (Lipinski definition) is 0. The monoisotopic (exact) mass is 348 g/mol. The van der Waals surface area contributed by atoms with Gasteiger partial charge < -0.3 is 14.5 Å². The molecule has 0 aliphatic carbocycles. The van der Waals surface area contributed by atoms with Gasteiger partial charge in [0.15, 0.2) is 0 Å². The second-order valence-electron chi connectivity index (χ2n) is 5.58. The van der Waals surface area contributed by atoms with Crippen LogP contribution in [0.1, 0.15) is 10.4 Å².